The van der Waals surface area contributed by atoms with Gasteiger partial charge in [0.1, 0.15) is 0 Å². The average Bonchev–Trinajstić information content (AvgIpc) is 3.50. The van der Waals surface area contributed by atoms with Gasteiger partial charge in [-0.2, -0.15) is 5.10 Å². The second kappa shape index (κ2) is 10.3. The van der Waals surface area contributed by atoms with Gasteiger partial charge in [0.05, 0.1) is 54.7 Å². The lowest BCUT2D eigenvalue weighted by atomic mass is 9.84. The van der Waals surface area contributed by atoms with Crippen molar-refractivity contribution in [2.24, 2.45) is 5.41 Å². The average molecular weight is 518 g/mol. The van der Waals surface area contributed by atoms with E-state index in [1.807, 2.05) is 16.9 Å². The van der Waals surface area contributed by atoms with E-state index >= 15 is 0 Å². The zero-order valence-corrected chi connectivity index (χ0v) is 21.9. The fourth-order valence-corrected chi connectivity index (χ4v) is 4.64. The summed E-state index contributed by atoms with van der Waals surface area (Å²) >= 11 is 0. The minimum Gasteiger partial charge on any atom is -0.383 e. The molecule has 1 aliphatic heterocycles. The number of hydrogen-bond donors (Lipinski definition) is 2. The Balaban J connectivity index is 1.27. The quantitative estimate of drug-likeness (QED) is 0.346. The van der Waals surface area contributed by atoms with Gasteiger partial charge in [-0.15, -0.1) is 5.10 Å². The van der Waals surface area contributed by atoms with Crippen molar-refractivity contribution in [2.45, 2.75) is 27.3 Å². The Morgan fingerprint density at radius 3 is 2.68 bits per heavy atom. The molecule has 1 aliphatic rings. The van der Waals surface area contributed by atoms with Gasteiger partial charge in [-0.05, 0) is 24.5 Å². The Labute approximate surface area is 220 Å². The van der Waals surface area contributed by atoms with Crippen molar-refractivity contribution in [3.05, 3.63) is 54.4 Å². The van der Waals surface area contributed by atoms with Crippen molar-refractivity contribution in [3.63, 3.8) is 0 Å². The molecular formula is C26H31N9O3. The summed E-state index contributed by atoms with van der Waals surface area (Å²) in [6.07, 6.45) is 7.08. The number of methoxy groups -OCH3 is 1. The smallest absolute Gasteiger partial charge is 0.278 e. The normalized spacial score (nSPS) is 14.8. The zero-order valence-electron chi connectivity index (χ0n) is 21.9. The molecule has 5 rings (SSSR count). The molecule has 0 radical (unpaired) electrons. The van der Waals surface area contributed by atoms with Crippen LogP contribution in [-0.4, -0.2) is 79.7 Å². The highest BCUT2D eigenvalue weighted by atomic mass is 16.5. The van der Waals surface area contributed by atoms with E-state index in [0.717, 1.165) is 24.2 Å². The fourth-order valence-electron chi connectivity index (χ4n) is 4.64. The molecule has 12 heteroatoms. The number of anilines is 2. The van der Waals surface area contributed by atoms with Crippen LogP contribution < -0.4 is 10.6 Å². The number of carbonyl (C=O) groups excluding carboxylic acids is 2. The lowest BCUT2D eigenvalue weighted by Gasteiger charge is -2.45. The summed E-state index contributed by atoms with van der Waals surface area (Å²) in [6, 6.07) is 5.40. The van der Waals surface area contributed by atoms with Gasteiger partial charge >= 0.3 is 0 Å². The zero-order chi connectivity index (χ0) is 26.9. The number of fused-ring (bicyclic) bond motifs is 1. The molecule has 198 valence electrons. The highest BCUT2D eigenvalue weighted by Crippen LogP contribution is 2.28. The summed E-state index contributed by atoms with van der Waals surface area (Å²) in [5.74, 6) is -0.538. The monoisotopic (exact) mass is 517 g/mol. The van der Waals surface area contributed by atoms with Gasteiger partial charge in [-0.1, -0.05) is 25.1 Å². The summed E-state index contributed by atoms with van der Waals surface area (Å²) < 4.78 is 8.47. The molecule has 0 aromatic carbocycles. The van der Waals surface area contributed by atoms with Gasteiger partial charge in [0, 0.05) is 43.7 Å². The first kappa shape index (κ1) is 25.5. The van der Waals surface area contributed by atoms with Crippen LogP contribution in [0.5, 0.6) is 0 Å². The van der Waals surface area contributed by atoms with E-state index in [0.29, 0.717) is 42.3 Å². The third-order valence-corrected chi connectivity index (χ3v) is 6.41. The summed E-state index contributed by atoms with van der Waals surface area (Å²) in [5, 5.41) is 18.3. The van der Waals surface area contributed by atoms with Crippen LogP contribution in [0.3, 0.4) is 0 Å². The molecule has 4 aromatic heterocycles. The van der Waals surface area contributed by atoms with E-state index in [1.165, 1.54) is 0 Å². The first-order valence-electron chi connectivity index (χ1n) is 12.4. The SMILES string of the molecule is COCCn1cc(-c2ccc3c(C(=O)Nc4cc(NC(=O)CN5CC(C)(C)C5)cnc4C)nnn3c2)cn1. The fraction of sp³-hybridized carbons (Fsp3) is 0.385. The minimum absolute atomic E-state index is 0.118. The summed E-state index contributed by atoms with van der Waals surface area (Å²) in [5.41, 5.74) is 4.42. The number of hydrogen-bond acceptors (Lipinski definition) is 8. The number of carbonyl (C=O) groups is 2. The van der Waals surface area contributed by atoms with Crippen LogP contribution >= 0.6 is 0 Å². The lowest BCUT2D eigenvalue weighted by molar-refractivity contribution is -0.120. The molecule has 2 amide bonds. The number of nitrogens with one attached hydrogen (secondary N) is 2. The van der Waals surface area contributed by atoms with Crippen molar-refractivity contribution in [2.75, 3.05) is 44.0 Å². The Bertz CT molecular complexity index is 1480. The Morgan fingerprint density at radius 2 is 1.92 bits per heavy atom. The standard InChI is InChI=1S/C26H31N9O3/c1-17-21(9-20(11-27-17)29-23(36)14-33-15-26(2,3)16-33)30-25(37)24-22-6-5-18(13-35(22)32-31-24)19-10-28-34(12-19)7-8-38-4/h5-6,9-13H,7-8,14-16H2,1-4H3,(H,29,36)(H,30,37). The Kier molecular flexibility index (Phi) is 6.91. The van der Waals surface area contributed by atoms with Crippen LogP contribution in [0, 0.1) is 12.3 Å². The predicted octanol–water partition coefficient (Wildman–Crippen LogP) is 2.48. The number of nitrogens with zero attached hydrogens (tertiary/aromatic N) is 7. The second-order valence-corrected chi connectivity index (χ2v) is 10.3. The van der Waals surface area contributed by atoms with E-state index in [2.05, 4.69) is 49.8 Å². The molecule has 1 saturated heterocycles. The molecular weight excluding hydrogens is 486 g/mol. The van der Waals surface area contributed by atoms with Crippen molar-refractivity contribution < 1.29 is 14.3 Å². The maximum Gasteiger partial charge on any atom is 0.278 e. The van der Waals surface area contributed by atoms with Gasteiger partial charge in [0.25, 0.3) is 5.91 Å². The maximum atomic E-state index is 13.1. The molecule has 0 bridgehead atoms. The molecule has 5 heterocycles. The lowest BCUT2D eigenvalue weighted by Crippen LogP contribution is -2.54. The van der Waals surface area contributed by atoms with Crippen molar-refractivity contribution in [1.82, 2.24) is 34.5 Å². The molecule has 2 N–H and O–H groups in total. The van der Waals surface area contributed by atoms with E-state index in [1.54, 1.807) is 49.3 Å². The van der Waals surface area contributed by atoms with Crippen LogP contribution in [0.1, 0.15) is 30.0 Å². The molecule has 0 atom stereocenters. The number of aryl methyl sites for hydroxylation is 1. The van der Waals surface area contributed by atoms with E-state index < -0.39 is 5.91 Å². The van der Waals surface area contributed by atoms with E-state index in [9.17, 15) is 9.59 Å². The van der Waals surface area contributed by atoms with Crippen LogP contribution in [0.4, 0.5) is 11.4 Å². The molecule has 38 heavy (non-hydrogen) atoms. The van der Waals surface area contributed by atoms with Crippen LogP contribution in [0.15, 0.2) is 43.0 Å². The molecule has 0 aliphatic carbocycles. The number of pyridine rings is 2. The van der Waals surface area contributed by atoms with Crippen LogP contribution in [-0.2, 0) is 16.1 Å². The number of rotatable bonds is 9. The molecule has 0 unspecified atom stereocenters. The second-order valence-electron chi connectivity index (χ2n) is 10.3. The highest BCUT2D eigenvalue weighted by Gasteiger charge is 2.34. The number of ether oxygens (including phenoxy) is 1. The summed E-state index contributed by atoms with van der Waals surface area (Å²) in [7, 11) is 1.65. The van der Waals surface area contributed by atoms with E-state index in [4.69, 9.17) is 4.74 Å². The topological polar surface area (TPSA) is 132 Å². The van der Waals surface area contributed by atoms with Gasteiger partial charge in [-0.3, -0.25) is 24.2 Å². The van der Waals surface area contributed by atoms with Crippen LogP contribution in [0.25, 0.3) is 16.6 Å². The number of amides is 2. The molecule has 1 fully saturated rings. The molecule has 0 spiro atoms. The molecule has 4 aromatic rings. The maximum absolute atomic E-state index is 13.1. The summed E-state index contributed by atoms with van der Waals surface area (Å²) in [6.45, 7) is 9.47. The molecule has 12 nitrogen and oxygen atoms in total. The Hall–Kier alpha value is -4.16. The number of aromatic nitrogens is 6. The third-order valence-electron chi connectivity index (χ3n) is 6.41. The van der Waals surface area contributed by atoms with Gasteiger partial charge in [0.15, 0.2) is 5.69 Å². The van der Waals surface area contributed by atoms with Crippen LogP contribution in [0.2, 0.25) is 0 Å². The first-order valence-corrected chi connectivity index (χ1v) is 12.4. The van der Waals surface area contributed by atoms with Gasteiger partial charge < -0.3 is 15.4 Å². The summed E-state index contributed by atoms with van der Waals surface area (Å²) in [4.78, 5) is 32.0. The molecule has 0 saturated carbocycles. The van der Waals surface area contributed by atoms with Crippen molar-refractivity contribution >= 4 is 28.7 Å². The third kappa shape index (κ3) is 5.55. The number of likely N-dealkylation sites (tertiary alicyclic amines) is 1. The predicted molar refractivity (Wildman–Crippen MR) is 142 cm³/mol. The van der Waals surface area contributed by atoms with E-state index in [-0.39, 0.29) is 17.0 Å². The van der Waals surface area contributed by atoms with Gasteiger partial charge in [-0.25, -0.2) is 4.52 Å². The van der Waals surface area contributed by atoms with Crippen molar-refractivity contribution in [1.29, 1.82) is 0 Å². The van der Waals surface area contributed by atoms with Crippen molar-refractivity contribution in [3.8, 4) is 11.1 Å². The Morgan fingerprint density at radius 1 is 1.11 bits per heavy atom. The minimum atomic E-state index is -0.420. The largest absolute Gasteiger partial charge is 0.383 e. The first-order chi connectivity index (χ1) is 18.2. The van der Waals surface area contributed by atoms with Gasteiger partial charge in [0.2, 0.25) is 5.91 Å². The highest BCUT2D eigenvalue weighted by molar-refractivity contribution is 6.08.